The van der Waals surface area contributed by atoms with Gasteiger partial charge in [0, 0.05) is 25.2 Å². The molecule has 0 radical (unpaired) electrons. The van der Waals surface area contributed by atoms with Gasteiger partial charge in [-0.2, -0.15) is 0 Å². The summed E-state index contributed by atoms with van der Waals surface area (Å²) in [5.74, 6) is -1.58. The van der Waals surface area contributed by atoms with Crippen LogP contribution in [0.15, 0.2) is 60.7 Å². The monoisotopic (exact) mass is 478 g/mol. The fourth-order valence-electron chi connectivity index (χ4n) is 4.88. The van der Waals surface area contributed by atoms with Crippen LogP contribution in [0.5, 0.6) is 0 Å². The summed E-state index contributed by atoms with van der Waals surface area (Å²) in [6.07, 6.45) is 10.4. The van der Waals surface area contributed by atoms with Gasteiger partial charge >= 0.3 is 11.9 Å². The number of nitrogens with zero attached hydrogens (tertiary/aromatic N) is 1. The third kappa shape index (κ3) is 10.0. The Morgan fingerprint density at radius 2 is 1.66 bits per heavy atom. The number of fused-ring (bicyclic) bond motifs is 1. The second-order valence-electron chi connectivity index (χ2n) is 9.49. The van der Waals surface area contributed by atoms with Crippen molar-refractivity contribution in [1.82, 2.24) is 10.2 Å². The van der Waals surface area contributed by atoms with Gasteiger partial charge in [-0.25, -0.2) is 9.59 Å². The van der Waals surface area contributed by atoms with E-state index in [9.17, 15) is 9.59 Å². The number of likely N-dealkylation sites (tertiary alicyclic amines) is 1. The number of hydrogen-bond acceptors (Lipinski definition) is 4. The zero-order valence-corrected chi connectivity index (χ0v) is 20.5. The number of aliphatic carboxylic acids is 2. The maximum Gasteiger partial charge on any atom is 0.328 e. The lowest BCUT2D eigenvalue weighted by molar-refractivity contribution is -0.134. The molecule has 0 aliphatic carbocycles. The van der Waals surface area contributed by atoms with Crippen LogP contribution in [0.1, 0.15) is 54.4 Å². The van der Waals surface area contributed by atoms with Crippen molar-refractivity contribution in [2.75, 3.05) is 19.6 Å². The first-order valence-corrected chi connectivity index (χ1v) is 12.7. The van der Waals surface area contributed by atoms with Gasteiger partial charge in [-0.05, 0) is 86.3 Å². The average molecular weight is 479 g/mol. The van der Waals surface area contributed by atoms with Gasteiger partial charge in [0.15, 0.2) is 0 Å². The maximum absolute atomic E-state index is 9.55. The first-order chi connectivity index (χ1) is 17.0. The Hall–Kier alpha value is -2.96. The highest BCUT2D eigenvalue weighted by Crippen LogP contribution is 2.25. The molecule has 0 saturated carbocycles. The zero-order chi connectivity index (χ0) is 24.9. The quantitative estimate of drug-likeness (QED) is 0.478. The lowest BCUT2D eigenvalue weighted by Gasteiger charge is -2.32. The number of carboxylic acids is 2. The van der Waals surface area contributed by atoms with E-state index in [1.165, 1.54) is 63.6 Å². The van der Waals surface area contributed by atoms with Crippen LogP contribution in [0.2, 0.25) is 0 Å². The summed E-state index contributed by atoms with van der Waals surface area (Å²) in [7, 11) is 0. The van der Waals surface area contributed by atoms with E-state index < -0.39 is 11.9 Å². The summed E-state index contributed by atoms with van der Waals surface area (Å²) in [6.45, 7) is 5.88. The van der Waals surface area contributed by atoms with E-state index >= 15 is 0 Å². The molecule has 0 spiro atoms. The molecular weight excluding hydrogens is 440 g/mol. The minimum Gasteiger partial charge on any atom is -0.478 e. The molecule has 6 nitrogen and oxygen atoms in total. The molecule has 6 heteroatoms. The molecule has 2 aromatic rings. The Morgan fingerprint density at radius 1 is 0.943 bits per heavy atom. The molecule has 0 atom stereocenters. The number of rotatable bonds is 8. The van der Waals surface area contributed by atoms with Crippen LogP contribution in [0.25, 0.3) is 0 Å². The smallest absolute Gasteiger partial charge is 0.328 e. The van der Waals surface area contributed by atoms with Gasteiger partial charge in [-0.1, -0.05) is 55.0 Å². The van der Waals surface area contributed by atoms with Crippen molar-refractivity contribution in [3.8, 4) is 0 Å². The molecule has 1 fully saturated rings. The lowest BCUT2D eigenvalue weighted by atomic mass is 9.90. The summed E-state index contributed by atoms with van der Waals surface area (Å²) in [5, 5.41) is 19.2. The Morgan fingerprint density at radius 3 is 2.34 bits per heavy atom. The second kappa shape index (κ2) is 14.4. The van der Waals surface area contributed by atoms with Gasteiger partial charge in [0.25, 0.3) is 0 Å². The van der Waals surface area contributed by atoms with E-state index in [2.05, 4.69) is 58.7 Å². The van der Waals surface area contributed by atoms with E-state index in [1.54, 1.807) is 16.7 Å². The lowest BCUT2D eigenvalue weighted by Crippen LogP contribution is -2.33. The summed E-state index contributed by atoms with van der Waals surface area (Å²) < 4.78 is 0. The van der Waals surface area contributed by atoms with Gasteiger partial charge in [0.2, 0.25) is 0 Å². The van der Waals surface area contributed by atoms with E-state index in [-0.39, 0.29) is 0 Å². The molecular formula is C29H38N2O4. The molecule has 1 saturated heterocycles. The molecule has 2 heterocycles. The van der Waals surface area contributed by atoms with Crippen molar-refractivity contribution in [3.63, 3.8) is 0 Å². The molecule has 2 aliphatic rings. The highest BCUT2D eigenvalue weighted by molar-refractivity contribution is 5.89. The summed E-state index contributed by atoms with van der Waals surface area (Å²) in [5.41, 5.74) is 6.10. The minimum atomic E-state index is -1.26. The summed E-state index contributed by atoms with van der Waals surface area (Å²) in [4.78, 5) is 21.7. The van der Waals surface area contributed by atoms with Gasteiger partial charge in [0.05, 0.1) is 0 Å². The minimum absolute atomic E-state index is 0.558. The molecule has 0 aromatic heterocycles. The normalized spacial score (nSPS) is 16.7. The second-order valence-corrected chi connectivity index (χ2v) is 9.49. The predicted octanol–water partition coefficient (Wildman–Crippen LogP) is 4.67. The third-order valence-corrected chi connectivity index (χ3v) is 6.79. The summed E-state index contributed by atoms with van der Waals surface area (Å²) >= 11 is 0. The highest BCUT2D eigenvalue weighted by atomic mass is 16.4. The van der Waals surface area contributed by atoms with Crippen LogP contribution in [-0.4, -0.2) is 46.7 Å². The first-order valence-electron chi connectivity index (χ1n) is 12.7. The molecule has 4 rings (SSSR count). The average Bonchev–Trinajstić information content (AvgIpc) is 3.10. The SMILES string of the molecule is O=C(O)C=CC(=O)O.c1ccc(CN2CCC(CCCc3ccc4c(c3)CNCCC4)CC2)cc1. The fourth-order valence-corrected chi connectivity index (χ4v) is 4.88. The van der Waals surface area contributed by atoms with Crippen LogP contribution in [0, 0.1) is 5.92 Å². The van der Waals surface area contributed by atoms with Gasteiger partial charge < -0.3 is 15.5 Å². The molecule has 2 aromatic carbocycles. The van der Waals surface area contributed by atoms with Crippen molar-refractivity contribution in [1.29, 1.82) is 0 Å². The standard InChI is InChI=1S/C25H34N2.C4H4O4/c1-2-6-23(7-3-1)20-27-16-13-21(14-17-27)8-4-9-22-11-12-24-10-5-15-26-19-25(24)18-22;5-3(6)1-2-4(7)8/h1-3,6-7,11-12,18,21,26H,4-5,8-10,13-17,19-20H2;1-2H,(H,5,6)(H,7,8). The van der Waals surface area contributed by atoms with Crippen LogP contribution in [0.4, 0.5) is 0 Å². The topological polar surface area (TPSA) is 89.9 Å². The van der Waals surface area contributed by atoms with Crippen LogP contribution in [0.3, 0.4) is 0 Å². The molecule has 35 heavy (non-hydrogen) atoms. The Labute approximate surface area is 208 Å². The number of benzene rings is 2. The van der Waals surface area contributed by atoms with Crippen molar-refractivity contribution >= 4 is 11.9 Å². The number of piperidine rings is 1. The fraction of sp³-hybridized carbons (Fsp3) is 0.448. The number of hydrogen-bond donors (Lipinski definition) is 3. The number of carboxylic acid groups (broad SMARTS) is 2. The van der Waals surface area contributed by atoms with E-state index in [0.717, 1.165) is 25.6 Å². The Bertz CT molecular complexity index is 950. The van der Waals surface area contributed by atoms with Crippen LogP contribution >= 0.6 is 0 Å². The van der Waals surface area contributed by atoms with Crippen molar-refractivity contribution in [2.24, 2.45) is 5.92 Å². The Kier molecular flexibility index (Phi) is 11.0. The molecule has 0 bridgehead atoms. The number of aryl methyl sites for hydroxylation is 2. The van der Waals surface area contributed by atoms with Gasteiger partial charge in [0.1, 0.15) is 0 Å². The number of carbonyl (C=O) groups is 2. The molecule has 3 N–H and O–H groups in total. The van der Waals surface area contributed by atoms with E-state index in [1.807, 2.05) is 0 Å². The highest BCUT2D eigenvalue weighted by Gasteiger charge is 2.19. The first kappa shape index (κ1) is 26.6. The van der Waals surface area contributed by atoms with Crippen LogP contribution < -0.4 is 5.32 Å². The maximum atomic E-state index is 9.55. The molecule has 188 valence electrons. The van der Waals surface area contributed by atoms with Gasteiger partial charge in [-0.3, -0.25) is 4.90 Å². The van der Waals surface area contributed by atoms with Crippen LogP contribution in [-0.2, 0) is 35.5 Å². The van der Waals surface area contributed by atoms with Gasteiger partial charge in [-0.15, -0.1) is 0 Å². The van der Waals surface area contributed by atoms with E-state index in [4.69, 9.17) is 10.2 Å². The molecule has 0 unspecified atom stereocenters. The predicted molar refractivity (Wildman–Crippen MR) is 138 cm³/mol. The molecule has 2 aliphatic heterocycles. The third-order valence-electron chi connectivity index (χ3n) is 6.79. The molecule has 0 amide bonds. The number of nitrogens with one attached hydrogen (secondary N) is 1. The van der Waals surface area contributed by atoms with Crippen molar-refractivity contribution in [3.05, 3.63) is 82.9 Å². The zero-order valence-electron chi connectivity index (χ0n) is 20.5. The van der Waals surface area contributed by atoms with E-state index in [0.29, 0.717) is 12.2 Å². The van der Waals surface area contributed by atoms with Crippen molar-refractivity contribution < 1.29 is 19.8 Å². The summed E-state index contributed by atoms with van der Waals surface area (Å²) in [6, 6.07) is 18.2. The van der Waals surface area contributed by atoms with Crippen molar-refractivity contribution in [2.45, 2.75) is 58.0 Å². The Balaban J connectivity index is 0.000000371. The largest absolute Gasteiger partial charge is 0.478 e.